The summed E-state index contributed by atoms with van der Waals surface area (Å²) in [7, 11) is 0. The van der Waals surface area contributed by atoms with Crippen LogP contribution in [0.3, 0.4) is 0 Å². The van der Waals surface area contributed by atoms with Crippen LogP contribution in [0.25, 0.3) is 45.0 Å². The van der Waals surface area contributed by atoms with Gasteiger partial charge in [-0.1, -0.05) is 84.9 Å². The molecule has 5 rings (SSSR count). The van der Waals surface area contributed by atoms with Gasteiger partial charge in [0.15, 0.2) is 11.6 Å². The van der Waals surface area contributed by atoms with Gasteiger partial charge in [0.05, 0.1) is 0 Å². The second-order valence-corrected chi connectivity index (χ2v) is 6.87. The minimum Gasteiger partial charge on any atom is -0.236 e. The lowest BCUT2D eigenvalue weighted by Gasteiger charge is -2.10. The quantitative estimate of drug-likeness (QED) is 0.384. The van der Waals surface area contributed by atoms with Crippen molar-refractivity contribution in [3.63, 3.8) is 0 Å². The summed E-state index contributed by atoms with van der Waals surface area (Å²) in [6.07, 6.45) is 7.47. The summed E-state index contributed by atoms with van der Waals surface area (Å²) in [5, 5.41) is 0. The first-order valence-electron chi connectivity index (χ1n) is 9.73. The lowest BCUT2D eigenvalue weighted by molar-refractivity contribution is 1.17. The summed E-state index contributed by atoms with van der Waals surface area (Å²) >= 11 is 0. The summed E-state index contributed by atoms with van der Waals surface area (Å²) in [5.41, 5.74) is 6.01. The zero-order valence-electron chi connectivity index (χ0n) is 16.2. The van der Waals surface area contributed by atoms with E-state index in [-0.39, 0.29) is 0 Å². The van der Waals surface area contributed by atoms with Crippen LogP contribution in [0.2, 0.25) is 0 Å². The Morgan fingerprint density at radius 1 is 0.333 bits per heavy atom. The molecule has 0 saturated carbocycles. The third-order valence-electron chi connectivity index (χ3n) is 4.92. The van der Waals surface area contributed by atoms with Gasteiger partial charge in [-0.05, 0) is 11.1 Å². The molecular formula is C26H18N4. The number of hydrogen-bond donors (Lipinski definition) is 0. The van der Waals surface area contributed by atoms with E-state index in [2.05, 4.69) is 32.1 Å². The molecule has 4 nitrogen and oxygen atoms in total. The SMILES string of the molecule is c1ccc(-c2ncc(-c3ccccc3-c3cnc(-c4ccccc4)nc3)cn2)cc1. The van der Waals surface area contributed by atoms with E-state index in [1.807, 2.05) is 97.6 Å². The molecule has 5 aromatic rings. The Labute approximate surface area is 175 Å². The van der Waals surface area contributed by atoms with Crippen molar-refractivity contribution in [3.05, 3.63) is 110 Å². The Kier molecular flexibility index (Phi) is 4.80. The van der Waals surface area contributed by atoms with Crippen LogP contribution in [-0.2, 0) is 0 Å². The molecule has 0 aliphatic carbocycles. The third-order valence-corrected chi connectivity index (χ3v) is 4.92. The largest absolute Gasteiger partial charge is 0.236 e. The second-order valence-electron chi connectivity index (χ2n) is 6.87. The van der Waals surface area contributed by atoms with Gasteiger partial charge >= 0.3 is 0 Å². The summed E-state index contributed by atoms with van der Waals surface area (Å²) in [4.78, 5) is 18.3. The van der Waals surface area contributed by atoms with E-state index in [4.69, 9.17) is 0 Å². The minimum absolute atomic E-state index is 0.715. The van der Waals surface area contributed by atoms with E-state index in [0.29, 0.717) is 11.6 Å². The van der Waals surface area contributed by atoms with Gasteiger partial charge in [-0.15, -0.1) is 0 Å². The molecule has 2 aromatic heterocycles. The van der Waals surface area contributed by atoms with Gasteiger partial charge in [-0.25, -0.2) is 19.9 Å². The summed E-state index contributed by atoms with van der Waals surface area (Å²) in [5.74, 6) is 1.43. The van der Waals surface area contributed by atoms with Crippen LogP contribution in [-0.4, -0.2) is 19.9 Å². The van der Waals surface area contributed by atoms with Gasteiger partial charge in [0.25, 0.3) is 0 Å². The molecule has 0 bridgehead atoms. The predicted octanol–water partition coefficient (Wildman–Crippen LogP) is 5.93. The van der Waals surface area contributed by atoms with Gasteiger partial charge in [-0.2, -0.15) is 0 Å². The molecule has 0 atom stereocenters. The second kappa shape index (κ2) is 8.05. The number of benzene rings is 3. The Bertz CT molecular complexity index is 1150. The third kappa shape index (κ3) is 3.59. The van der Waals surface area contributed by atoms with E-state index in [1.165, 1.54) is 0 Å². The lowest BCUT2D eigenvalue weighted by Crippen LogP contribution is -1.93. The van der Waals surface area contributed by atoms with Gasteiger partial charge < -0.3 is 0 Å². The Morgan fingerprint density at radius 3 is 1.03 bits per heavy atom. The molecule has 0 radical (unpaired) electrons. The molecule has 0 fully saturated rings. The average Bonchev–Trinajstić information content (AvgIpc) is 2.85. The van der Waals surface area contributed by atoms with Gasteiger partial charge in [-0.3, -0.25) is 0 Å². The molecule has 0 saturated heterocycles. The van der Waals surface area contributed by atoms with E-state index in [1.54, 1.807) is 0 Å². The molecule has 0 aliphatic rings. The highest BCUT2D eigenvalue weighted by Gasteiger charge is 2.10. The van der Waals surface area contributed by atoms with Crippen molar-refractivity contribution in [1.29, 1.82) is 0 Å². The fourth-order valence-electron chi connectivity index (χ4n) is 3.39. The highest BCUT2D eigenvalue weighted by molar-refractivity contribution is 5.82. The summed E-state index contributed by atoms with van der Waals surface area (Å²) in [6.45, 7) is 0. The fourth-order valence-corrected chi connectivity index (χ4v) is 3.39. The van der Waals surface area contributed by atoms with Crippen molar-refractivity contribution in [2.45, 2.75) is 0 Å². The van der Waals surface area contributed by atoms with E-state index in [0.717, 1.165) is 33.4 Å². The van der Waals surface area contributed by atoms with Crippen molar-refractivity contribution in [1.82, 2.24) is 19.9 Å². The number of hydrogen-bond acceptors (Lipinski definition) is 4. The standard InChI is InChI=1S/C26H18N4/c1-3-9-19(10-4-1)25-27-15-21(16-28-25)23-13-7-8-14-24(23)22-17-29-26(30-18-22)20-11-5-2-6-12-20/h1-18H. The van der Waals surface area contributed by atoms with Gasteiger partial charge in [0, 0.05) is 47.0 Å². The normalized spacial score (nSPS) is 10.7. The molecule has 0 amide bonds. The van der Waals surface area contributed by atoms with E-state index >= 15 is 0 Å². The van der Waals surface area contributed by atoms with Gasteiger partial charge in [0.2, 0.25) is 0 Å². The predicted molar refractivity (Wildman–Crippen MR) is 119 cm³/mol. The number of nitrogens with zero attached hydrogens (tertiary/aromatic N) is 4. The maximum Gasteiger partial charge on any atom is 0.159 e. The van der Waals surface area contributed by atoms with E-state index < -0.39 is 0 Å². The minimum atomic E-state index is 0.715. The average molecular weight is 386 g/mol. The fraction of sp³-hybridized carbons (Fsp3) is 0. The molecule has 4 heteroatoms. The molecule has 3 aromatic carbocycles. The first-order chi connectivity index (χ1) is 14.9. The zero-order chi connectivity index (χ0) is 20.2. The smallest absolute Gasteiger partial charge is 0.159 e. The Hall–Kier alpha value is -4.18. The molecule has 142 valence electrons. The van der Waals surface area contributed by atoms with Crippen molar-refractivity contribution in [2.75, 3.05) is 0 Å². The first kappa shape index (κ1) is 17.9. The van der Waals surface area contributed by atoms with Crippen LogP contribution in [0.1, 0.15) is 0 Å². The topological polar surface area (TPSA) is 51.6 Å². The lowest BCUT2D eigenvalue weighted by atomic mass is 9.98. The molecular weight excluding hydrogens is 368 g/mol. The highest BCUT2D eigenvalue weighted by atomic mass is 14.9. The van der Waals surface area contributed by atoms with E-state index in [9.17, 15) is 0 Å². The number of rotatable bonds is 4. The van der Waals surface area contributed by atoms with Crippen LogP contribution >= 0.6 is 0 Å². The van der Waals surface area contributed by atoms with Crippen LogP contribution in [0.4, 0.5) is 0 Å². The molecule has 0 spiro atoms. The maximum absolute atomic E-state index is 4.57. The van der Waals surface area contributed by atoms with Crippen LogP contribution in [0, 0.1) is 0 Å². The van der Waals surface area contributed by atoms with Crippen molar-refractivity contribution >= 4 is 0 Å². The molecule has 30 heavy (non-hydrogen) atoms. The van der Waals surface area contributed by atoms with Crippen molar-refractivity contribution in [3.8, 4) is 45.0 Å². The maximum atomic E-state index is 4.57. The monoisotopic (exact) mass is 386 g/mol. The van der Waals surface area contributed by atoms with Crippen molar-refractivity contribution in [2.24, 2.45) is 0 Å². The molecule has 0 N–H and O–H groups in total. The molecule has 0 unspecified atom stereocenters. The highest BCUT2D eigenvalue weighted by Crippen LogP contribution is 2.31. The Morgan fingerprint density at radius 2 is 0.667 bits per heavy atom. The van der Waals surface area contributed by atoms with Crippen LogP contribution < -0.4 is 0 Å². The molecule has 0 aliphatic heterocycles. The van der Waals surface area contributed by atoms with Crippen LogP contribution in [0.15, 0.2) is 110 Å². The zero-order valence-corrected chi connectivity index (χ0v) is 16.2. The summed E-state index contributed by atoms with van der Waals surface area (Å²) in [6, 6.07) is 28.1. The molecule has 2 heterocycles. The van der Waals surface area contributed by atoms with Crippen LogP contribution in [0.5, 0.6) is 0 Å². The summed E-state index contributed by atoms with van der Waals surface area (Å²) < 4.78 is 0. The first-order valence-corrected chi connectivity index (χ1v) is 9.73. The van der Waals surface area contributed by atoms with Crippen molar-refractivity contribution < 1.29 is 0 Å². The van der Waals surface area contributed by atoms with Gasteiger partial charge in [0.1, 0.15) is 0 Å². The number of aromatic nitrogens is 4. The Balaban J connectivity index is 1.49.